The lowest BCUT2D eigenvalue weighted by Gasteiger charge is -2.32. The van der Waals surface area contributed by atoms with Crippen LogP contribution in [0.25, 0.3) is 0 Å². The summed E-state index contributed by atoms with van der Waals surface area (Å²) in [5, 5.41) is 6.60. The molecule has 0 radical (unpaired) electrons. The molecule has 25 heavy (non-hydrogen) atoms. The van der Waals surface area contributed by atoms with Crippen LogP contribution in [0.4, 0.5) is 8.78 Å². The van der Waals surface area contributed by atoms with Crippen molar-refractivity contribution in [1.29, 1.82) is 0 Å². The van der Waals surface area contributed by atoms with E-state index in [9.17, 15) is 8.78 Å². The molecule has 140 valence electrons. The summed E-state index contributed by atoms with van der Waals surface area (Å²) in [7, 11) is 1.72. The lowest BCUT2D eigenvalue weighted by Crippen LogP contribution is -2.49. The van der Waals surface area contributed by atoms with Crippen molar-refractivity contribution in [3.05, 3.63) is 48.1 Å². The molecule has 0 aliphatic carbocycles. The third kappa shape index (κ3) is 7.27. The molecule has 1 fully saturated rings. The van der Waals surface area contributed by atoms with Gasteiger partial charge in [0.25, 0.3) is 0 Å². The zero-order valence-electron chi connectivity index (χ0n) is 14.6. The second-order valence-corrected chi connectivity index (χ2v) is 5.99. The number of piperidine rings is 1. The molecule has 2 N–H and O–H groups in total. The van der Waals surface area contributed by atoms with Crippen LogP contribution in [0.15, 0.2) is 35.8 Å². The number of nitrogens with zero attached hydrogens (tertiary/aromatic N) is 2. The summed E-state index contributed by atoms with van der Waals surface area (Å²) < 4.78 is 26.5. The van der Waals surface area contributed by atoms with Gasteiger partial charge in [0.1, 0.15) is 11.6 Å². The number of halogens is 3. The SMILES string of the molecule is C=CCN1CCC(NC(=NC)NCCc2ccc(F)cc2F)CC1.I. The normalized spacial score (nSPS) is 16.2. The third-order valence-electron chi connectivity index (χ3n) is 4.24. The third-order valence-corrected chi connectivity index (χ3v) is 4.24. The molecule has 0 amide bonds. The molecule has 0 atom stereocenters. The van der Waals surface area contributed by atoms with Gasteiger partial charge in [0.2, 0.25) is 0 Å². The molecular formula is C18H27F2IN4. The first-order valence-electron chi connectivity index (χ1n) is 8.36. The number of hydrogen-bond donors (Lipinski definition) is 2. The van der Waals surface area contributed by atoms with Crippen LogP contribution in [0, 0.1) is 11.6 Å². The number of likely N-dealkylation sites (tertiary alicyclic amines) is 1. The first-order chi connectivity index (χ1) is 11.6. The predicted molar refractivity (Wildman–Crippen MR) is 110 cm³/mol. The highest BCUT2D eigenvalue weighted by Crippen LogP contribution is 2.11. The molecule has 7 heteroatoms. The Morgan fingerprint density at radius 1 is 1.36 bits per heavy atom. The maximum Gasteiger partial charge on any atom is 0.191 e. The molecule has 0 spiro atoms. The molecule has 1 aromatic rings. The van der Waals surface area contributed by atoms with E-state index in [0.29, 0.717) is 24.6 Å². The predicted octanol–water partition coefficient (Wildman–Crippen LogP) is 2.94. The van der Waals surface area contributed by atoms with Gasteiger partial charge in [0, 0.05) is 45.3 Å². The quantitative estimate of drug-likeness (QED) is 0.295. The van der Waals surface area contributed by atoms with Crippen molar-refractivity contribution >= 4 is 29.9 Å². The van der Waals surface area contributed by atoms with Crippen LogP contribution < -0.4 is 10.6 Å². The molecule has 0 bridgehead atoms. The van der Waals surface area contributed by atoms with Crippen LogP contribution in [-0.2, 0) is 6.42 Å². The maximum atomic E-state index is 13.6. The molecule has 1 heterocycles. The first kappa shape index (κ1) is 21.8. The number of aliphatic imine (C=N–C) groups is 1. The van der Waals surface area contributed by atoms with Gasteiger partial charge in [-0.2, -0.15) is 0 Å². The summed E-state index contributed by atoms with van der Waals surface area (Å²) in [5.41, 5.74) is 0.497. The zero-order valence-corrected chi connectivity index (χ0v) is 16.9. The summed E-state index contributed by atoms with van der Waals surface area (Å²) in [6.07, 6.45) is 4.52. The van der Waals surface area contributed by atoms with Crippen LogP contribution >= 0.6 is 24.0 Å². The van der Waals surface area contributed by atoms with Crippen LogP contribution in [0.3, 0.4) is 0 Å². The number of benzene rings is 1. The van der Waals surface area contributed by atoms with E-state index in [0.717, 1.165) is 44.5 Å². The van der Waals surface area contributed by atoms with E-state index in [2.05, 4.69) is 27.1 Å². The summed E-state index contributed by atoms with van der Waals surface area (Å²) in [6, 6.07) is 4.07. The average molecular weight is 464 g/mol. The Labute approximate surface area is 165 Å². The first-order valence-corrected chi connectivity index (χ1v) is 8.36. The van der Waals surface area contributed by atoms with Crippen molar-refractivity contribution in [3.63, 3.8) is 0 Å². The van der Waals surface area contributed by atoms with Crippen LogP contribution in [0.1, 0.15) is 18.4 Å². The van der Waals surface area contributed by atoms with Gasteiger partial charge < -0.3 is 10.6 Å². The second kappa shape index (κ2) is 11.4. The molecule has 1 aromatic carbocycles. The van der Waals surface area contributed by atoms with Gasteiger partial charge in [-0.05, 0) is 30.9 Å². The average Bonchev–Trinajstić information content (AvgIpc) is 2.57. The van der Waals surface area contributed by atoms with Crippen LogP contribution in [-0.4, -0.2) is 50.1 Å². The summed E-state index contributed by atoms with van der Waals surface area (Å²) in [6.45, 7) is 7.33. The Balaban J connectivity index is 0.00000312. The zero-order chi connectivity index (χ0) is 17.4. The molecule has 1 aliphatic rings. The summed E-state index contributed by atoms with van der Waals surface area (Å²) in [4.78, 5) is 6.59. The molecule has 0 aromatic heterocycles. The van der Waals surface area contributed by atoms with E-state index in [4.69, 9.17) is 0 Å². The van der Waals surface area contributed by atoms with Gasteiger partial charge in [0.15, 0.2) is 5.96 Å². The largest absolute Gasteiger partial charge is 0.356 e. The van der Waals surface area contributed by atoms with Crippen molar-refractivity contribution in [2.45, 2.75) is 25.3 Å². The highest BCUT2D eigenvalue weighted by molar-refractivity contribution is 14.0. The lowest BCUT2D eigenvalue weighted by atomic mass is 10.1. The molecule has 4 nitrogen and oxygen atoms in total. The molecular weight excluding hydrogens is 437 g/mol. The van der Waals surface area contributed by atoms with Crippen molar-refractivity contribution in [2.75, 3.05) is 33.2 Å². The summed E-state index contributed by atoms with van der Waals surface area (Å²) >= 11 is 0. The number of hydrogen-bond acceptors (Lipinski definition) is 2. The Morgan fingerprint density at radius 2 is 2.08 bits per heavy atom. The van der Waals surface area contributed by atoms with Crippen molar-refractivity contribution in [1.82, 2.24) is 15.5 Å². The van der Waals surface area contributed by atoms with Crippen LogP contribution in [0.5, 0.6) is 0 Å². The number of rotatable bonds is 6. The van der Waals surface area contributed by atoms with E-state index in [1.807, 2.05) is 6.08 Å². The van der Waals surface area contributed by atoms with E-state index in [-0.39, 0.29) is 24.0 Å². The highest BCUT2D eigenvalue weighted by Gasteiger charge is 2.18. The van der Waals surface area contributed by atoms with Crippen molar-refractivity contribution in [3.8, 4) is 0 Å². The van der Waals surface area contributed by atoms with Crippen molar-refractivity contribution in [2.24, 2.45) is 4.99 Å². The van der Waals surface area contributed by atoms with Gasteiger partial charge in [0.05, 0.1) is 0 Å². The Kier molecular flexibility index (Phi) is 9.96. The fourth-order valence-electron chi connectivity index (χ4n) is 2.87. The highest BCUT2D eigenvalue weighted by atomic mass is 127. The maximum absolute atomic E-state index is 13.6. The number of guanidine groups is 1. The molecule has 2 rings (SSSR count). The van der Waals surface area contributed by atoms with Crippen molar-refractivity contribution < 1.29 is 8.78 Å². The molecule has 1 aliphatic heterocycles. The Morgan fingerprint density at radius 3 is 2.68 bits per heavy atom. The molecule has 1 saturated heterocycles. The van der Waals surface area contributed by atoms with Gasteiger partial charge in [-0.3, -0.25) is 9.89 Å². The summed E-state index contributed by atoms with van der Waals surface area (Å²) in [5.74, 6) is -0.335. The Hall–Kier alpha value is -1.22. The van der Waals surface area contributed by atoms with E-state index in [1.165, 1.54) is 12.1 Å². The molecule has 0 saturated carbocycles. The minimum Gasteiger partial charge on any atom is -0.356 e. The fraction of sp³-hybridized carbons (Fsp3) is 0.500. The monoisotopic (exact) mass is 464 g/mol. The lowest BCUT2D eigenvalue weighted by molar-refractivity contribution is 0.225. The van der Waals surface area contributed by atoms with Gasteiger partial charge >= 0.3 is 0 Å². The minimum atomic E-state index is -0.551. The van der Waals surface area contributed by atoms with Crippen LogP contribution in [0.2, 0.25) is 0 Å². The second-order valence-electron chi connectivity index (χ2n) is 5.99. The van der Waals surface area contributed by atoms with E-state index in [1.54, 1.807) is 7.05 Å². The number of nitrogens with one attached hydrogen (secondary N) is 2. The van der Waals surface area contributed by atoms with E-state index < -0.39 is 11.6 Å². The standard InChI is InChI=1S/C18H26F2N4.HI/c1-3-10-24-11-7-16(8-12-24)23-18(21-2)22-9-6-14-4-5-15(19)13-17(14)20;/h3-5,13,16H,1,6-12H2,2H3,(H2,21,22,23);1H. The van der Waals surface area contributed by atoms with E-state index >= 15 is 0 Å². The fourth-order valence-corrected chi connectivity index (χ4v) is 2.87. The van der Waals surface area contributed by atoms with Gasteiger partial charge in [-0.15, -0.1) is 30.6 Å². The molecule has 0 unspecified atom stereocenters. The Bertz CT molecular complexity index is 572. The smallest absolute Gasteiger partial charge is 0.191 e. The minimum absolute atomic E-state index is 0. The topological polar surface area (TPSA) is 39.7 Å². The van der Waals surface area contributed by atoms with Gasteiger partial charge in [-0.1, -0.05) is 12.1 Å². The van der Waals surface area contributed by atoms with Gasteiger partial charge in [-0.25, -0.2) is 8.78 Å².